The predicted molar refractivity (Wildman–Crippen MR) is 67.9 cm³/mol. The van der Waals surface area contributed by atoms with E-state index in [0.717, 1.165) is 10.5 Å². The summed E-state index contributed by atoms with van der Waals surface area (Å²) in [7, 11) is 2.01. The van der Waals surface area contributed by atoms with Gasteiger partial charge in [-0.2, -0.15) is 0 Å². The fourth-order valence-corrected chi connectivity index (χ4v) is 2.18. The van der Waals surface area contributed by atoms with Crippen LogP contribution in [0.1, 0.15) is 19.4 Å². The number of rotatable bonds is 3. The van der Waals surface area contributed by atoms with Crippen LogP contribution in [0.25, 0.3) is 10.9 Å². The van der Waals surface area contributed by atoms with Crippen LogP contribution >= 0.6 is 11.6 Å². The lowest BCUT2D eigenvalue weighted by Crippen LogP contribution is -2.01. The van der Waals surface area contributed by atoms with E-state index in [0.29, 0.717) is 6.61 Å². The largest absolute Gasteiger partial charge is 0.374 e. The SMILES string of the molecule is CC(C)OCc1cn(C)c2c(Cl)cccc12. The van der Waals surface area contributed by atoms with E-state index in [1.165, 1.54) is 10.9 Å². The normalized spacial score (nSPS) is 11.6. The summed E-state index contributed by atoms with van der Waals surface area (Å²) in [6.07, 6.45) is 2.33. The summed E-state index contributed by atoms with van der Waals surface area (Å²) in [6, 6.07) is 5.97. The first-order chi connectivity index (χ1) is 7.59. The van der Waals surface area contributed by atoms with Gasteiger partial charge in [-0.1, -0.05) is 23.7 Å². The Labute approximate surface area is 101 Å². The van der Waals surface area contributed by atoms with Crippen molar-refractivity contribution in [2.24, 2.45) is 7.05 Å². The molecule has 0 radical (unpaired) electrons. The van der Waals surface area contributed by atoms with Crippen LogP contribution in [0.3, 0.4) is 0 Å². The quantitative estimate of drug-likeness (QED) is 0.793. The second kappa shape index (κ2) is 4.48. The van der Waals surface area contributed by atoms with Crippen LogP contribution in [-0.4, -0.2) is 10.7 Å². The molecule has 16 heavy (non-hydrogen) atoms. The average Bonchev–Trinajstić information content (AvgIpc) is 2.54. The molecule has 0 unspecified atom stereocenters. The molecule has 0 N–H and O–H groups in total. The van der Waals surface area contributed by atoms with Crippen LogP contribution in [0.15, 0.2) is 24.4 Å². The second-order valence-corrected chi connectivity index (χ2v) is 4.67. The first-order valence-electron chi connectivity index (χ1n) is 5.43. The molecule has 0 fully saturated rings. The van der Waals surface area contributed by atoms with Gasteiger partial charge in [0.2, 0.25) is 0 Å². The lowest BCUT2D eigenvalue weighted by molar-refractivity contribution is 0.0663. The highest BCUT2D eigenvalue weighted by Crippen LogP contribution is 2.27. The molecular weight excluding hydrogens is 222 g/mol. The highest BCUT2D eigenvalue weighted by molar-refractivity contribution is 6.35. The van der Waals surface area contributed by atoms with E-state index in [4.69, 9.17) is 16.3 Å². The first kappa shape index (κ1) is 11.5. The predicted octanol–water partition coefficient (Wildman–Crippen LogP) is 3.76. The highest BCUT2D eigenvalue weighted by Gasteiger charge is 2.09. The number of halogens is 1. The Morgan fingerprint density at radius 2 is 2.12 bits per heavy atom. The number of fused-ring (bicyclic) bond motifs is 1. The molecule has 0 bridgehead atoms. The zero-order valence-corrected chi connectivity index (χ0v) is 10.6. The van der Waals surface area contributed by atoms with Crippen molar-refractivity contribution in [1.82, 2.24) is 4.57 Å². The lowest BCUT2D eigenvalue weighted by atomic mass is 10.2. The zero-order chi connectivity index (χ0) is 11.7. The van der Waals surface area contributed by atoms with Crippen molar-refractivity contribution in [3.05, 3.63) is 35.0 Å². The van der Waals surface area contributed by atoms with Gasteiger partial charge in [0.1, 0.15) is 0 Å². The van der Waals surface area contributed by atoms with Crippen LogP contribution in [0, 0.1) is 0 Å². The molecule has 2 rings (SSSR count). The second-order valence-electron chi connectivity index (χ2n) is 4.26. The van der Waals surface area contributed by atoms with Crippen molar-refractivity contribution in [2.45, 2.75) is 26.6 Å². The van der Waals surface area contributed by atoms with Crippen LogP contribution in [0.5, 0.6) is 0 Å². The van der Waals surface area contributed by atoms with E-state index in [2.05, 4.69) is 16.8 Å². The van der Waals surface area contributed by atoms with Crippen LogP contribution < -0.4 is 0 Å². The van der Waals surface area contributed by atoms with Crippen LogP contribution in [0.2, 0.25) is 5.02 Å². The molecule has 0 aliphatic heterocycles. The van der Waals surface area contributed by atoms with Gasteiger partial charge in [-0.3, -0.25) is 0 Å². The van der Waals surface area contributed by atoms with Crippen LogP contribution in [0.4, 0.5) is 0 Å². The number of para-hydroxylation sites is 1. The summed E-state index contributed by atoms with van der Waals surface area (Å²) in [5, 5.41) is 1.96. The number of hydrogen-bond acceptors (Lipinski definition) is 1. The average molecular weight is 238 g/mol. The maximum atomic E-state index is 6.18. The van der Waals surface area contributed by atoms with E-state index >= 15 is 0 Å². The number of hydrogen-bond donors (Lipinski definition) is 0. The Kier molecular flexibility index (Phi) is 3.22. The Morgan fingerprint density at radius 3 is 2.81 bits per heavy atom. The molecule has 1 aromatic heterocycles. The van der Waals surface area contributed by atoms with Gasteiger partial charge in [0.25, 0.3) is 0 Å². The van der Waals surface area contributed by atoms with Crippen molar-refractivity contribution in [2.75, 3.05) is 0 Å². The van der Waals surface area contributed by atoms with Gasteiger partial charge >= 0.3 is 0 Å². The third-order valence-electron chi connectivity index (χ3n) is 2.61. The number of nitrogens with zero attached hydrogens (tertiary/aromatic N) is 1. The summed E-state index contributed by atoms with van der Waals surface area (Å²) in [5.41, 5.74) is 2.26. The van der Waals surface area contributed by atoms with E-state index in [1.807, 2.05) is 33.0 Å². The van der Waals surface area contributed by atoms with Gasteiger partial charge in [0, 0.05) is 24.2 Å². The van der Waals surface area contributed by atoms with E-state index < -0.39 is 0 Å². The molecule has 86 valence electrons. The Balaban J connectivity index is 2.43. The lowest BCUT2D eigenvalue weighted by Gasteiger charge is -2.06. The van der Waals surface area contributed by atoms with Crippen molar-refractivity contribution in [1.29, 1.82) is 0 Å². The van der Waals surface area contributed by atoms with Gasteiger partial charge < -0.3 is 9.30 Å². The minimum absolute atomic E-state index is 0.245. The number of aromatic nitrogens is 1. The highest BCUT2D eigenvalue weighted by atomic mass is 35.5. The van der Waals surface area contributed by atoms with Crippen molar-refractivity contribution < 1.29 is 4.74 Å². The first-order valence-corrected chi connectivity index (χ1v) is 5.81. The molecule has 1 heterocycles. The Bertz CT molecular complexity index is 502. The molecule has 0 saturated heterocycles. The van der Waals surface area contributed by atoms with Gasteiger partial charge in [-0.15, -0.1) is 0 Å². The van der Waals surface area contributed by atoms with Crippen molar-refractivity contribution in [3.63, 3.8) is 0 Å². The molecule has 0 saturated carbocycles. The maximum Gasteiger partial charge on any atom is 0.0741 e. The molecule has 1 aromatic carbocycles. The molecule has 0 amide bonds. The van der Waals surface area contributed by atoms with Gasteiger partial charge in [-0.05, 0) is 19.9 Å². The molecule has 2 nitrogen and oxygen atoms in total. The van der Waals surface area contributed by atoms with E-state index in [9.17, 15) is 0 Å². The molecule has 0 aliphatic rings. The minimum Gasteiger partial charge on any atom is -0.374 e. The molecule has 2 aromatic rings. The monoisotopic (exact) mass is 237 g/mol. The van der Waals surface area contributed by atoms with Crippen molar-refractivity contribution >= 4 is 22.5 Å². The van der Waals surface area contributed by atoms with E-state index in [-0.39, 0.29) is 6.10 Å². The molecule has 0 atom stereocenters. The maximum absolute atomic E-state index is 6.18. The smallest absolute Gasteiger partial charge is 0.0741 e. The van der Waals surface area contributed by atoms with Crippen LogP contribution in [-0.2, 0) is 18.4 Å². The molecule has 0 aliphatic carbocycles. The summed E-state index contributed by atoms with van der Waals surface area (Å²) >= 11 is 6.18. The molecule has 0 spiro atoms. The molecular formula is C13H16ClNO. The fraction of sp³-hybridized carbons (Fsp3) is 0.385. The standard InChI is InChI=1S/C13H16ClNO/c1-9(2)16-8-10-7-15(3)13-11(10)5-4-6-12(13)14/h4-7,9H,8H2,1-3H3. The zero-order valence-electron chi connectivity index (χ0n) is 9.83. The Hall–Kier alpha value is -0.990. The third-order valence-corrected chi connectivity index (χ3v) is 2.91. The summed E-state index contributed by atoms with van der Waals surface area (Å²) in [6.45, 7) is 4.71. The minimum atomic E-state index is 0.245. The summed E-state index contributed by atoms with van der Waals surface area (Å²) < 4.78 is 7.69. The summed E-state index contributed by atoms with van der Waals surface area (Å²) in [5.74, 6) is 0. The number of aryl methyl sites for hydroxylation is 1. The number of ether oxygens (including phenoxy) is 1. The topological polar surface area (TPSA) is 14.2 Å². The molecule has 3 heteroatoms. The van der Waals surface area contributed by atoms with Gasteiger partial charge in [0.05, 0.1) is 23.3 Å². The third kappa shape index (κ3) is 2.08. The Morgan fingerprint density at radius 1 is 1.38 bits per heavy atom. The number of benzene rings is 1. The van der Waals surface area contributed by atoms with E-state index in [1.54, 1.807) is 0 Å². The fourth-order valence-electron chi connectivity index (χ4n) is 1.87. The summed E-state index contributed by atoms with van der Waals surface area (Å²) in [4.78, 5) is 0. The van der Waals surface area contributed by atoms with Gasteiger partial charge in [0.15, 0.2) is 0 Å². The van der Waals surface area contributed by atoms with Gasteiger partial charge in [-0.25, -0.2) is 0 Å². The van der Waals surface area contributed by atoms with Crippen molar-refractivity contribution in [3.8, 4) is 0 Å².